The van der Waals surface area contributed by atoms with Crippen molar-refractivity contribution in [2.75, 3.05) is 6.61 Å². The zero-order valence-corrected chi connectivity index (χ0v) is 7.62. The van der Waals surface area contributed by atoms with E-state index >= 15 is 0 Å². The lowest BCUT2D eigenvalue weighted by Crippen LogP contribution is -2.30. The Morgan fingerprint density at radius 3 is 2.92 bits per heavy atom. The molecule has 0 saturated heterocycles. The zero-order valence-electron chi connectivity index (χ0n) is 7.62. The molecule has 0 aliphatic rings. The molecular formula is C9H16NO2+. The van der Waals surface area contributed by atoms with Crippen LogP contribution in [0.15, 0.2) is 12.2 Å². The van der Waals surface area contributed by atoms with E-state index in [0.717, 1.165) is 6.42 Å². The molecule has 12 heavy (non-hydrogen) atoms. The van der Waals surface area contributed by atoms with Crippen LogP contribution in [-0.2, 0) is 9.53 Å². The number of nitrogens with two attached hydrogens (primary N) is 1. The maximum absolute atomic E-state index is 10.9. The Morgan fingerprint density at radius 2 is 2.42 bits per heavy atom. The molecule has 0 heterocycles. The molecule has 68 valence electrons. The lowest BCUT2D eigenvalue weighted by Gasteiger charge is -2.04. The highest BCUT2D eigenvalue weighted by Gasteiger charge is 2.09. The van der Waals surface area contributed by atoms with Crippen molar-refractivity contribution in [2.24, 2.45) is 5.73 Å². The average Bonchev–Trinajstić information content (AvgIpc) is 2.05. The van der Waals surface area contributed by atoms with E-state index in [1.807, 2.05) is 19.4 Å². The van der Waals surface area contributed by atoms with Gasteiger partial charge in [0.25, 0.3) is 0 Å². The summed E-state index contributed by atoms with van der Waals surface area (Å²) in [6, 6.07) is -0.620. The van der Waals surface area contributed by atoms with E-state index < -0.39 is 6.04 Å². The smallest absolute Gasteiger partial charge is 0.326 e. The van der Waals surface area contributed by atoms with Crippen molar-refractivity contribution < 1.29 is 9.53 Å². The predicted molar refractivity (Wildman–Crippen MR) is 48.3 cm³/mol. The second-order valence-electron chi connectivity index (χ2n) is 2.35. The van der Waals surface area contributed by atoms with Crippen molar-refractivity contribution in [1.82, 2.24) is 0 Å². The summed E-state index contributed by atoms with van der Waals surface area (Å²) in [6.07, 6.45) is 6.31. The largest absolute Gasteiger partial charge is 0.465 e. The molecule has 1 atom stereocenters. The van der Waals surface area contributed by atoms with Gasteiger partial charge in [0.2, 0.25) is 0 Å². The van der Waals surface area contributed by atoms with Gasteiger partial charge in [0.15, 0.2) is 0 Å². The van der Waals surface area contributed by atoms with E-state index in [-0.39, 0.29) is 5.97 Å². The fourth-order valence-electron chi connectivity index (χ4n) is 0.678. The van der Waals surface area contributed by atoms with Crippen molar-refractivity contribution in [2.45, 2.75) is 26.3 Å². The van der Waals surface area contributed by atoms with Crippen LogP contribution in [0.5, 0.6) is 0 Å². The highest BCUT2D eigenvalue weighted by molar-refractivity contribution is 5.77. The Kier molecular flexibility index (Phi) is 6.19. The van der Waals surface area contributed by atoms with Gasteiger partial charge in [-0.15, -0.1) is 0 Å². The van der Waals surface area contributed by atoms with Crippen molar-refractivity contribution in [3.63, 3.8) is 0 Å². The van der Waals surface area contributed by atoms with Crippen LogP contribution in [-0.4, -0.2) is 18.6 Å². The number of esters is 1. The number of hydrogen-bond donors (Lipinski definition) is 1. The standard InChI is InChI=1S/C9H16NO2/c1-3-5-6-7-8(10)9(11)12-4-2/h3,6-8H,4-5,10H2,1-2H3/q+1/b7-6+. The number of carbonyl (C=O) groups is 1. The number of unbranched alkanes of at least 4 members (excludes halogenated alkanes) is 1. The Hall–Kier alpha value is -0.960. The Balaban J connectivity index is 3.69. The molecule has 2 N–H and O–H groups in total. The molecule has 0 bridgehead atoms. The number of allylic oxidation sites excluding steroid dienone is 1. The van der Waals surface area contributed by atoms with Crippen LogP contribution in [0.4, 0.5) is 0 Å². The fourth-order valence-corrected chi connectivity index (χ4v) is 0.678. The van der Waals surface area contributed by atoms with Gasteiger partial charge < -0.3 is 10.5 Å². The summed E-state index contributed by atoms with van der Waals surface area (Å²) >= 11 is 0. The molecule has 0 rings (SSSR count). The van der Waals surface area contributed by atoms with Gasteiger partial charge >= 0.3 is 5.97 Å². The van der Waals surface area contributed by atoms with E-state index in [1.54, 1.807) is 13.0 Å². The van der Waals surface area contributed by atoms with E-state index in [2.05, 4.69) is 0 Å². The van der Waals surface area contributed by atoms with Crippen LogP contribution in [0.1, 0.15) is 20.3 Å². The van der Waals surface area contributed by atoms with Gasteiger partial charge in [-0.3, -0.25) is 4.79 Å². The van der Waals surface area contributed by atoms with Crippen molar-refractivity contribution >= 4 is 5.97 Å². The van der Waals surface area contributed by atoms with Crippen LogP contribution in [0, 0.1) is 6.42 Å². The first-order valence-electron chi connectivity index (χ1n) is 4.09. The van der Waals surface area contributed by atoms with Gasteiger partial charge in [-0.1, -0.05) is 6.08 Å². The van der Waals surface area contributed by atoms with Crippen molar-refractivity contribution in [3.05, 3.63) is 18.6 Å². The summed E-state index contributed by atoms with van der Waals surface area (Å²) in [6.45, 7) is 4.08. The minimum atomic E-state index is -0.620. The molecule has 3 heteroatoms. The highest BCUT2D eigenvalue weighted by atomic mass is 16.5. The summed E-state index contributed by atoms with van der Waals surface area (Å²) in [5, 5.41) is 0. The van der Waals surface area contributed by atoms with E-state index in [0.29, 0.717) is 6.61 Å². The molecule has 0 amide bonds. The molecule has 1 unspecified atom stereocenters. The molecular weight excluding hydrogens is 154 g/mol. The summed E-state index contributed by atoms with van der Waals surface area (Å²) in [5.41, 5.74) is 5.47. The molecule has 0 aromatic rings. The van der Waals surface area contributed by atoms with Crippen LogP contribution < -0.4 is 5.73 Å². The first kappa shape index (κ1) is 11.0. The van der Waals surface area contributed by atoms with Gasteiger partial charge in [0.1, 0.15) is 12.5 Å². The summed E-state index contributed by atoms with van der Waals surface area (Å²) in [7, 11) is 0. The molecule has 0 aliphatic carbocycles. The Morgan fingerprint density at radius 1 is 1.75 bits per heavy atom. The topological polar surface area (TPSA) is 52.3 Å². The fraction of sp³-hybridized carbons (Fsp3) is 0.556. The quantitative estimate of drug-likeness (QED) is 0.381. The molecule has 0 aliphatic heterocycles. The Labute approximate surface area is 73.6 Å². The second kappa shape index (κ2) is 6.73. The molecule has 0 saturated carbocycles. The first-order chi connectivity index (χ1) is 5.72. The third-order valence-electron chi connectivity index (χ3n) is 1.27. The predicted octanol–water partition coefficient (Wildman–Crippen LogP) is 1.05. The van der Waals surface area contributed by atoms with Gasteiger partial charge in [0, 0.05) is 0 Å². The number of carbonyl (C=O) groups excluding carboxylic acids is 1. The van der Waals surface area contributed by atoms with Crippen LogP contribution >= 0.6 is 0 Å². The first-order valence-corrected chi connectivity index (χ1v) is 4.09. The van der Waals surface area contributed by atoms with E-state index in [1.165, 1.54) is 0 Å². The number of hydrogen-bond acceptors (Lipinski definition) is 3. The minimum Gasteiger partial charge on any atom is -0.465 e. The molecule has 0 aromatic carbocycles. The molecule has 3 nitrogen and oxygen atoms in total. The SMILES string of the molecule is C[CH+]C/C=C/C(N)C(=O)OCC. The van der Waals surface area contributed by atoms with Crippen molar-refractivity contribution in [1.29, 1.82) is 0 Å². The maximum atomic E-state index is 10.9. The van der Waals surface area contributed by atoms with Gasteiger partial charge in [-0.2, -0.15) is 0 Å². The normalized spacial score (nSPS) is 12.9. The highest BCUT2D eigenvalue weighted by Crippen LogP contribution is 1.92. The lowest BCUT2D eigenvalue weighted by molar-refractivity contribution is -0.143. The lowest BCUT2D eigenvalue weighted by atomic mass is 10.2. The summed E-state index contributed by atoms with van der Waals surface area (Å²) in [5.74, 6) is -0.371. The van der Waals surface area contributed by atoms with E-state index in [4.69, 9.17) is 10.5 Å². The maximum Gasteiger partial charge on any atom is 0.326 e. The molecule has 0 fully saturated rings. The molecule has 0 aromatic heterocycles. The van der Waals surface area contributed by atoms with Gasteiger partial charge in [0.05, 0.1) is 20.0 Å². The van der Waals surface area contributed by atoms with Crippen LogP contribution in [0.25, 0.3) is 0 Å². The third kappa shape index (κ3) is 4.79. The molecule has 0 spiro atoms. The van der Waals surface area contributed by atoms with Crippen LogP contribution in [0.2, 0.25) is 0 Å². The summed E-state index contributed by atoms with van der Waals surface area (Å²) in [4.78, 5) is 10.9. The van der Waals surface area contributed by atoms with E-state index in [9.17, 15) is 4.79 Å². The minimum absolute atomic E-state index is 0.371. The zero-order chi connectivity index (χ0) is 9.40. The number of rotatable bonds is 5. The van der Waals surface area contributed by atoms with Gasteiger partial charge in [-0.25, -0.2) is 0 Å². The van der Waals surface area contributed by atoms with Crippen LogP contribution in [0.3, 0.4) is 0 Å². The monoisotopic (exact) mass is 170 g/mol. The number of ether oxygens (including phenoxy) is 1. The average molecular weight is 170 g/mol. The van der Waals surface area contributed by atoms with Crippen molar-refractivity contribution in [3.8, 4) is 0 Å². The molecule has 0 radical (unpaired) electrons. The van der Waals surface area contributed by atoms with Gasteiger partial charge in [-0.05, 0) is 13.0 Å². The Bertz CT molecular complexity index is 155. The summed E-state index contributed by atoms with van der Waals surface area (Å²) < 4.78 is 4.71. The second-order valence-corrected chi connectivity index (χ2v) is 2.35. The third-order valence-corrected chi connectivity index (χ3v) is 1.27.